The summed E-state index contributed by atoms with van der Waals surface area (Å²) in [6.45, 7) is 6.29. The lowest BCUT2D eigenvalue weighted by Crippen LogP contribution is -2.21. The number of rotatable bonds is 7. The summed E-state index contributed by atoms with van der Waals surface area (Å²) in [6.07, 6.45) is 4.15. The Kier molecular flexibility index (Phi) is 6.14. The zero-order valence-electron chi connectivity index (χ0n) is 15.3. The van der Waals surface area contributed by atoms with Gasteiger partial charge < -0.3 is 0 Å². The van der Waals surface area contributed by atoms with Gasteiger partial charge in [-0.15, -0.1) is 11.3 Å². The van der Waals surface area contributed by atoms with Crippen molar-refractivity contribution in [3.8, 4) is 5.69 Å². The average molecular weight is 391 g/mol. The lowest BCUT2D eigenvalue weighted by molar-refractivity contribution is 0.627. The molecule has 3 aromatic rings. The number of hydrogen-bond donors (Lipinski definition) is 0. The minimum atomic E-state index is -0.312. The van der Waals surface area contributed by atoms with Crippen LogP contribution < -0.4 is 5.56 Å². The van der Waals surface area contributed by atoms with Crippen LogP contribution in [-0.2, 0) is 6.42 Å². The Bertz CT molecular complexity index is 961. The summed E-state index contributed by atoms with van der Waals surface area (Å²) in [5.74, 6) is 0.593. The largest absolute Gasteiger partial charge is 0.268 e. The molecule has 3 rings (SSSR count). The first kappa shape index (κ1) is 19.1. The molecule has 0 saturated heterocycles. The lowest BCUT2D eigenvalue weighted by atomic mass is 10.1. The molecule has 0 radical (unpaired) electrons. The number of unbranched alkanes of at least 4 members (excludes halogenated alkanes) is 1. The molecule has 0 aliphatic rings. The van der Waals surface area contributed by atoms with Crippen molar-refractivity contribution in [2.24, 2.45) is 0 Å². The first-order chi connectivity index (χ1) is 12.6. The van der Waals surface area contributed by atoms with Crippen LogP contribution in [0.25, 0.3) is 15.9 Å². The Morgan fingerprint density at radius 1 is 1.19 bits per heavy atom. The molecule has 138 valence electrons. The summed E-state index contributed by atoms with van der Waals surface area (Å²) in [5, 5.41) is 1.38. The van der Waals surface area contributed by atoms with Gasteiger partial charge in [-0.05, 0) is 49.6 Å². The van der Waals surface area contributed by atoms with Crippen molar-refractivity contribution in [2.45, 2.75) is 51.6 Å². The van der Waals surface area contributed by atoms with Crippen LogP contribution in [0.3, 0.4) is 0 Å². The molecular weight excluding hydrogens is 367 g/mol. The van der Waals surface area contributed by atoms with Crippen LogP contribution in [0.5, 0.6) is 0 Å². The summed E-state index contributed by atoms with van der Waals surface area (Å²) in [4.78, 5) is 20.2. The fourth-order valence-corrected chi connectivity index (χ4v) is 5.31. The first-order valence-electron chi connectivity index (χ1n) is 9.00. The number of aryl methyl sites for hydroxylation is 2. The number of hydrogen-bond acceptors (Lipinski definition) is 4. The minimum Gasteiger partial charge on any atom is -0.268 e. The molecule has 0 atom stereocenters. The summed E-state index contributed by atoms with van der Waals surface area (Å²) in [5.41, 5.74) is 1.63. The molecule has 0 fully saturated rings. The van der Waals surface area contributed by atoms with Gasteiger partial charge in [0, 0.05) is 10.6 Å². The fraction of sp³-hybridized carbons (Fsp3) is 0.400. The minimum absolute atomic E-state index is 0.0586. The van der Waals surface area contributed by atoms with E-state index in [2.05, 4.69) is 13.8 Å². The number of halogens is 1. The van der Waals surface area contributed by atoms with Crippen molar-refractivity contribution in [3.63, 3.8) is 0 Å². The van der Waals surface area contributed by atoms with Gasteiger partial charge in [-0.2, -0.15) is 0 Å². The average Bonchev–Trinajstić information content (AvgIpc) is 2.93. The number of fused-ring (bicyclic) bond motifs is 1. The Balaban J connectivity index is 2.22. The molecule has 0 saturated carbocycles. The number of aromatic nitrogens is 2. The Morgan fingerprint density at radius 2 is 1.92 bits per heavy atom. The van der Waals surface area contributed by atoms with E-state index in [4.69, 9.17) is 4.98 Å². The highest BCUT2D eigenvalue weighted by atomic mass is 32.2. The van der Waals surface area contributed by atoms with Gasteiger partial charge in [-0.1, -0.05) is 38.5 Å². The molecule has 0 unspecified atom stereocenters. The van der Waals surface area contributed by atoms with E-state index in [0.29, 0.717) is 16.2 Å². The maximum atomic E-state index is 13.4. The Morgan fingerprint density at radius 3 is 2.58 bits per heavy atom. The van der Waals surface area contributed by atoms with E-state index in [9.17, 15) is 9.18 Å². The van der Waals surface area contributed by atoms with Crippen molar-refractivity contribution in [1.82, 2.24) is 9.55 Å². The predicted octanol–water partition coefficient (Wildman–Crippen LogP) is 5.74. The molecule has 2 heterocycles. The number of nitrogens with zero attached hydrogens (tertiary/aromatic N) is 2. The molecule has 3 nitrogen and oxygen atoms in total. The molecule has 1 aromatic carbocycles. The van der Waals surface area contributed by atoms with Gasteiger partial charge >= 0.3 is 0 Å². The zero-order chi connectivity index (χ0) is 18.7. The third kappa shape index (κ3) is 3.71. The van der Waals surface area contributed by atoms with Gasteiger partial charge in [0.15, 0.2) is 5.16 Å². The second-order valence-corrected chi connectivity index (χ2v) is 8.44. The molecule has 0 bridgehead atoms. The van der Waals surface area contributed by atoms with Crippen molar-refractivity contribution >= 4 is 33.3 Å². The first-order valence-corrected chi connectivity index (χ1v) is 10.8. The van der Waals surface area contributed by atoms with Crippen molar-refractivity contribution in [1.29, 1.82) is 0 Å². The van der Waals surface area contributed by atoms with E-state index in [1.807, 2.05) is 6.92 Å². The molecule has 0 spiro atoms. The van der Waals surface area contributed by atoms with E-state index in [1.54, 1.807) is 39.8 Å². The third-order valence-corrected chi connectivity index (χ3v) is 6.59. The van der Waals surface area contributed by atoms with Gasteiger partial charge in [-0.3, -0.25) is 9.36 Å². The Labute approximate surface area is 161 Å². The molecule has 2 aromatic heterocycles. The van der Waals surface area contributed by atoms with Crippen LogP contribution in [0, 0.1) is 12.7 Å². The summed E-state index contributed by atoms with van der Waals surface area (Å²) in [6, 6.07) is 6.05. The van der Waals surface area contributed by atoms with Crippen molar-refractivity contribution in [2.75, 3.05) is 5.75 Å². The quantitative estimate of drug-likeness (QED) is 0.293. The highest BCUT2D eigenvalue weighted by Crippen LogP contribution is 2.31. The van der Waals surface area contributed by atoms with E-state index in [0.717, 1.165) is 41.8 Å². The van der Waals surface area contributed by atoms with Gasteiger partial charge in [-0.25, -0.2) is 9.37 Å². The van der Waals surface area contributed by atoms with E-state index in [1.165, 1.54) is 17.0 Å². The lowest BCUT2D eigenvalue weighted by Gasteiger charge is -2.12. The monoisotopic (exact) mass is 390 g/mol. The van der Waals surface area contributed by atoms with Crippen molar-refractivity contribution in [3.05, 3.63) is 50.9 Å². The molecular formula is C20H23FN2OS2. The van der Waals surface area contributed by atoms with Crippen LogP contribution in [0.1, 0.15) is 43.6 Å². The highest BCUT2D eigenvalue weighted by molar-refractivity contribution is 7.99. The maximum Gasteiger partial charge on any atom is 0.267 e. The van der Waals surface area contributed by atoms with E-state index < -0.39 is 0 Å². The topological polar surface area (TPSA) is 34.9 Å². The number of thioether (sulfide) groups is 1. The molecule has 6 heteroatoms. The van der Waals surface area contributed by atoms with Crippen LogP contribution in [0.2, 0.25) is 0 Å². The molecule has 0 N–H and O–H groups in total. The van der Waals surface area contributed by atoms with E-state index in [-0.39, 0.29) is 11.4 Å². The van der Waals surface area contributed by atoms with Crippen molar-refractivity contribution < 1.29 is 4.39 Å². The van der Waals surface area contributed by atoms with Crippen LogP contribution in [0.15, 0.2) is 34.2 Å². The van der Waals surface area contributed by atoms with Crippen LogP contribution in [-0.4, -0.2) is 15.3 Å². The third-order valence-electron chi connectivity index (χ3n) is 4.32. The zero-order valence-corrected chi connectivity index (χ0v) is 17.0. The SMILES string of the molecule is CCCCSc1nc2sc(CCC)c(C)c2c(=O)n1-c1ccc(F)cc1. The number of benzene rings is 1. The van der Waals surface area contributed by atoms with Gasteiger partial charge in [0.2, 0.25) is 0 Å². The van der Waals surface area contributed by atoms with E-state index >= 15 is 0 Å². The van der Waals surface area contributed by atoms with Gasteiger partial charge in [0.25, 0.3) is 5.56 Å². The van der Waals surface area contributed by atoms with Gasteiger partial charge in [0.05, 0.1) is 11.1 Å². The molecule has 26 heavy (non-hydrogen) atoms. The summed E-state index contributed by atoms with van der Waals surface area (Å²) in [7, 11) is 0. The number of thiophene rings is 1. The summed E-state index contributed by atoms with van der Waals surface area (Å²) >= 11 is 3.22. The summed E-state index contributed by atoms with van der Waals surface area (Å²) < 4.78 is 15.0. The predicted molar refractivity (Wildman–Crippen MR) is 110 cm³/mol. The van der Waals surface area contributed by atoms with Gasteiger partial charge in [0.1, 0.15) is 10.6 Å². The smallest absolute Gasteiger partial charge is 0.267 e. The fourth-order valence-electron chi connectivity index (χ4n) is 2.90. The van der Waals surface area contributed by atoms with Crippen LogP contribution >= 0.6 is 23.1 Å². The standard InChI is InChI=1S/C20H23FN2OS2/c1-4-6-12-25-20-22-18-17(13(3)16(26-18)7-5-2)19(24)23(20)15-10-8-14(21)9-11-15/h8-11H,4-7,12H2,1-3H3. The maximum absolute atomic E-state index is 13.4. The van der Waals surface area contributed by atoms with Crippen LogP contribution in [0.4, 0.5) is 4.39 Å². The molecule has 0 aliphatic carbocycles. The second kappa shape index (κ2) is 8.35. The second-order valence-electron chi connectivity index (χ2n) is 6.29. The molecule has 0 aliphatic heterocycles. The molecule has 0 amide bonds. The highest BCUT2D eigenvalue weighted by Gasteiger charge is 2.19. The Hall–Kier alpha value is -1.66. The normalized spacial score (nSPS) is 11.4.